The van der Waals surface area contributed by atoms with Crippen molar-refractivity contribution in [3.63, 3.8) is 0 Å². The van der Waals surface area contributed by atoms with Gasteiger partial charge in [0.25, 0.3) is 5.91 Å². The molecule has 0 aliphatic heterocycles. The van der Waals surface area contributed by atoms with Crippen molar-refractivity contribution in [3.8, 4) is 11.5 Å². The standard InChI is InChI=1S/C21H24N2O4/c1-12-7-9-15(20(22)24)18(13-5-4-6-13)19(12)23-21(25)14-8-10-16(26-2)17(11-14)27-3/h7-11,13H,4-6H2,1-3H3,(H2,22,24)(H,23,25). The summed E-state index contributed by atoms with van der Waals surface area (Å²) in [7, 11) is 3.07. The lowest BCUT2D eigenvalue weighted by Gasteiger charge is -2.30. The highest BCUT2D eigenvalue weighted by Gasteiger charge is 2.28. The Morgan fingerprint density at radius 2 is 1.78 bits per heavy atom. The van der Waals surface area contributed by atoms with Crippen molar-refractivity contribution in [2.45, 2.75) is 32.1 Å². The van der Waals surface area contributed by atoms with E-state index in [9.17, 15) is 9.59 Å². The van der Waals surface area contributed by atoms with Crippen LogP contribution in [0.15, 0.2) is 30.3 Å². The van der Waals surface area contributed by atoms with E-state index in [1.165, 1.54) is 7.11 Å². The number of rotatable bonds is 6. The molecule has 142 valence electrons. The molecule has 0 bridgehead atoms. The van der Waals surface area contributed by atoms with E-state index in [0.717, 1.165) is 30.4 Å². The number of amides is 2. The van der Waals surface area contributed by atoms with Gasteiger partial charge in [-0.3, -0.25) is 9.59 Å². The molecule has 1 saturated carbocycles. The van der Waals surface area contributed by atoms with Crippen LogP contribution in [-0.2, 0) is 0 Å². The molecular formula is C21H24N2O4. The van der Waals surface area contributed by atoms with Gasteiger partial charge in [0, 0.05) is 16.8 Å². The van der Waals surface area contributed by atoms with Crippen LogP contribution in [0.25, 0.3) is 0 Å². The van der Waals surface area contributed by atoms with Gasteiger partial charge in [-0.1, -0.05) is 12.5 Å². The van der Waals surface area contributed by atoms with Crippen molar-refractivity contribution < 1.29 is 19.1 Å². The summed E-state index contributed by atoms with van der Waals surface area (Å²) in [6.45, 7) is 1.91. The highest BCUT2D eigenvalue weighted by atomic mass is 16.5. The first-order valence-electron chi connectivity index (χ1n) is 8.93. The SMILES string of the molecule is COc1ccc(C(=O)Nc2c(C)ccc(C(N)=O)c2C2CCC2)cc1OC. The fourth-order valence-electron chi connectivity index (χ4n) is 3.39. The lowest BCUT2D eigenvalue weighted by molar-refractivity contribution is 0.0994. The van der Waals surface area contributed by atoms with Crippen LogP contribution in [0.4, 0.5) is 5.69 Å². The van der Waals surface area contributed by atoms with Crippen molar-refractivity contribution in [3.05, 3.63) is 52.6 Å². The predicted octanol–water partition coefficient (Wildman–Crippen LogP) is 3.63. The Bertz CT molecular complexity index is 888. The molecule has 0 spiro atoms. The number of methoxy groups -OCH3 is 2. The highest BCUT2D eigenvalue weighted by molar-refractivity contribution is 6.07. The minimum Gasteiger partial charge on any atom is -0.493 e. The third-order valence-corrected chi connectivity index (χ3v) is 5.12. The largest absolute Gasteiger partial charge is 0.493 e. The maximum atomic E-state index is 12.9. The van der Waals surface area contributed by atoms with E-state index in [4.69, 9.17) is 15.2 Å². The van der Waals surface area contributed by atoms with Crippen LogP contribution in [0, 0.1) is 6.92 Å². The van der Waals surface area contributed by atoms with Gasteiger partial charge in [0.05, 0.1) is 14.2 Å². The van der Waals surface area contributed by atoms with Gasteiger partial charge in [0.2, 0.25) is 5.91 Å². The fraction of sp³-hybridized carbons (Fsp3) is 0.333. The lowest BCUT2D eigenvalue weighted by atomic mass is 9.76. The Labute approximate surface area is 158 Å². The average Bonchev–Trinajstić information content (AvgIpc) is 2.62. The van der Waals surface area contributed by atoms with Crippen molar-refractivity contribution in [2.24, 2.45) is 5.73 Å². The second-order valence-electron chi connectivity index (χ2n) is 6.73. The number of primary amides is 1. The molecule has 1 aliphatic rings. The number of hydrogen-bond donors (Lipinski definition) is 2. The van der Waals surface area contributed by atoms with Crippen molar-refractivity contribution >= 4 is 17.5 Å². The highest BCUT2D eigenvalue weighted by Crippen LogP contribution is 2.43. The van der Waals surface area contributed by atoms with Crippen molar-refractivity contribution in [1.29, 1.82) is 0 Å². The van der Waals surface area contributed by atoms with Gasteiger partial charge >= 0.3 is 0 Å². The second kappa shape index (κ2) is 7.70. The molecule has 0 radical (unpaired) electrons. The zero-order valence-corrected chi connectivity index (χ0v) is 15.8. The number of carbonyl (C=O) groups is 2. The number of nitrogens with two attached hydrogens (primary N) is 1. The van der Waals surface area contributed by atoms with Crippen LogP contribution in [0.5, 0.6) is 11.5 Å². The molecule has 3 rings (SSSR count). The maximum absolute atomic E-state index is 12.9. The monoisotopic (exact) mass is 368 g/mol. The Balaban J connectivity index is 1.98. The summed E-state index contributed by atoms with van der Waals surface area (Å²) >= 11 is 0. The van der Waals surface area contributed by atoms with Gasteiger partial charge in [0.1, 0.15) is 0 Å². The minimum atomic E-state index is -0.474. The molecular weight excluding hydrogens is 344 g/mol. The number of nitrogens with one attached hydrogen (secondary N) is 1. The number of hydrogen-bond acceptors (Lipinski definition) is 4. The zero-order chi connectivity index (χ0) is 19.6. The Kier molecular flexibility index (Phi) is 5.35. The van der Waals surface area contributed by atoms with Gasteiger partial charge in [-0.25, -0.2) is 0 Å². The van der Waals surface area contributed by atoms with E-state index in [2.05, 4.69) is 5.32 Å². The summed E-state index contributed by atoms with van der Waals surface area (Å²) in [6, 6.07) is 8.55. The molecule has 0 heterocycles. The van der Waals surface area contributed by atoms with Crippen molar-refractivity contribution in [2.75, 3.05) is 19.5 Å². The van der Waals surface area contributed by atoms with Crippen LogP contribution in [0.2, 0.25) is 0 Å². The normalized spacial score (nSPS) is 13.6. The number of aryl methyl sites for hydroxylation is 1. The smallest absolute Gasteiger partial charge is 0.255 e. The number of benzene rings is 2. The first-order chi connectivity index (χ1) is 13.0. The molecule has 3 N–H and O–H groups in total. The number of carbonyl (C=O) groups excluding carboxylic acids is 2. The van der Waals surface area contributed by atoms with Crippen LogP contribution in [-0.4, -0.2) is 26.0 Å². The second-order valence-corrected chi connectivity index (χ2v) is 6.73. The molecule has 6 nitrogen and oxygen atoms in total. The Morgan fingerprint density at radius 3 is 2.33 bits per heavy atom. The first kappa shape index (κ1) is 18.8. The predicted molar refractivity (Wildman–Crippen MR) is 104 cm³/mol. The summed E-state index contributed by atoms with van der Waals surface area (Å²) in [5.74, 6) is 0.524. The summed E-state index contributed by atoms with van der Waals surface area (Å²) < 4.78 is 10.5. The third kappa shape index (κ3) is 3.60. The van der Waals surface area contributed by atoms with E-state index in [0.29, 0.717) is 28.3 Å². The van der Waals surface area contributed by atoms with E-state index < -0.39 is 5.91 Å². The summed E-state index contributed by atoms with van der Waals surface area (Å²) in [5, 5.41) is 2.99. The zero-order valence-electron chi connectivity index (χ0n) is 15.8. The summed E-state index contributed by atoms with van der Waals surface area (Å²) in [5.41, 5.74) is 8.93. The van der Waals surface area contributed by atoms with E-state index in [1.54, 1.807) is 31.4 Å². The molecule has 0 unspecified atom stereocenters. The van der Waals surface area contributed by atoms with Gasteiger partial charge in [0.15, 0.2) is 11.5 Å². The topological polar surface area (TPSA) is 90.6 Å². The molecule has 2 amide bonds. The molecule has 1 aliphatic carbocycles. The van der Waals surface area contributed by atoms with Gasteiger partial charge in [-0.2, -0.15) is 0 Å². The molecule has 6 heteroatoms. The van der Waals surface area contributed by atoms with Crippen LogP contribution >= 0.6 is 0 Å². The van der Waals surface area contributed by atoms with Gasteiger partial charge < -0.3 is 20.5 Å². The molecule has 2 aromatic rings. The molecule has 27 heavy (non-hydrogen) atoms. The summed E-state index contributed by atoms with van der Waals surface area (Å²) in [4.78, 5) is 24.8. The number of ether oxygens (including phenoxy) is 2. The maximum Gasteiger partial charge on any atom is 0.255 e. The molecule has 0 atom stereocenters. The lowest BCUT2D eigenvalue weighted by Crippen LogP contribution is -2.23. The van der Waals surface area contributed by atoms with Gasteiger partial charge in [-0.15, -0.1) is 0 Å². The minimum absolute atomic E-state index is 0.244. The van der Waals surface area contributed by atoms with E-state index >= 15 is 0 Å². The first-order valence-corrected chi connectivity index (χ1v) is 8.93. The van der Waals surface area contributed by atoms with Crippen LogP contribution < -0.4 is 20.5 Å². The fourth-order valence-corrected chi connectivity index (χ4v) is 3.39. The average molecular weight is 368 g/mol. The number of anilines is 1. The third-order valence-electron chi connectivity index (χ3n) is 5.12. The molecule has 2 aromatic carbocycles. The summed E-state index contributed by atoms with van der Waals surface area (Å²) in [6.07, 6.45) is 3.09. The van der Waals surface area contributed by atoms with E-state index in [1.807, 2.05) is 13.0 Å². The van der Waals surface area contributed by atoms with E-state index in [-0.39, 0.29) is 11.8 Å². The van der Waals surface area contributed by atoms with Crippen molar-refractivity contribution in [1.82, 2.24) is 0 Å². The van der Waals surface area contributed by atoms with Crippen LogP contribution in [0.3, 0.4) is 0 Å². The molecule has 0 aromatic heterocycles. The Hall–Kier alpha value is -3.02. The van der Waals surface area contributed by atoms with Crippen LogP contribution in [0.1, 0.15) is 57.0 Å². The van der Waals surface area contributed by atoms with Gasteiger partial charge in [-0.05, 0) is 61.1 Å². The molecule has 1 fully saturated rings. The quantitative estimate of drug-likeness (QED) is 0.814. The Morgan fingerprint density at radius 1 is 1.07 bits per heavy atom. The molecule has 0 saturated heterocycles.